The van der Waals surface area contributed by atoms with Gasteiger partial charge in [0.1, 0.15) is 17.5 Å². The van der Waals surface area contributed by atoms with Gasteiger partial charge in [0.2, 0.25) is 0 Å². The van der Waals surface area contributed by atoms with E-state index in [-0.39, 0.29) is 29.5 Å². The third-order valence-corrected chi connectivity index (χ3v) is 7.85. The molecule has 34 heavy (non-hydrogen) atoms. The average molecular weight is 482 g/mol. The van der Waals surface area contributed by atoms with Crippen LogP contribution in [0.1, 0.15) is 61.7 Å². The zero-order valence-electron chi connectivity index (χ0n) is 20.1. The van der Waals surface area contributed by atoms with Crippen molar-refractivity contribution in [1.29, 1.82) is 0 Å². The molecule has 0 spiro atoms. The number of rotatable bonds is 5. The number of esters is 1. The molecule has 3 aromatic rings. The Morgan fingerprint density at radius 3 is 2.47 bits per heavy atom. The maximum Gasteiger partial charge on any atom is 0.326 e. The maximum atomic E-state index is 13.1. The normalized spacial score (nSPS) is 18.6. The molecule has 0 aliphatic heterocycles. The lowest BCUT2D eigenvalue weighted by Gasteiger charge is -2.36. The molecule has 1 aromatic carbocycles. The first kappa shape index (κ1) is 24.1. The first-order valence-corrected chi connectivity index (χ1v) is 12.5. The quantitative estimate of drug-likeness (QED) is 0.508. The predicted molar refractivity (Wildman–Crippen MR) is 134 cm³/mol. The Bertz CT molecular complexity index is 1250. The molecule has 7 nitrogen and oxygen atoms in total. The van der Waals surface area contributed by atoms with E-state index >= 15 is 0 Å². The van der Waals surface area contributed by atoms with Crippen molar-refractivity contribution in [2.75, 3.05) is 5.32 Å². The van der Waals surface area contributed by atoms with Gasteiger partial charge in [-0.1, -0.05) is 39.0 Å². The number of nitrogens with one attached hydrogen (secondary N) is 1. The lowest BCUT2D eigenvalue weighted by molar-refractivity contribution is -0.152. The summed E-state index contributed by atoms with van der Waals surface area (Å²) in [6.07, 6.45) is 5.03. The van der Waals surface area contributed by atoms with E-state index in [9.17, 15) is 14.4 Å². The fourth-order valence-corrected chi connectivity index (χ4v) is 5.64. The molecule has 4 rings (SSSR count). The van der Waals surface area contributed by atoms with Crippen LogP contribution >= 0.6 is 11.3 Å². The van der Waals surface area contributed by atoms with Crippen LogP contribution in [0.5, 0.6) is 0 Å². The van der Waals surface area contributed by atoms with Gasteiger partial charge in [-0.3, -0.25) is 19.0 Å². The van der Waals surface area contributed by atoms with Gasteiger partial charge in [-0.15, -0.1) is 11.3 Å². The van der Waals surface area contributed by atoms with Gasteiger partial charge in [-0.2, -0.15) is 0 Å². The number of thiophene rings is 1. The molecule has 180 valence electrons. The van der Waals surface area contributed by atoms with Crippen molar-refractivity contribution in [3.63, 3.8) is 0 Å². The average Bonchev–Trinajstić information content (AvgIpc) is 3.13. The number of benzene rings is 1. The number of amides is 1. The lowest BCUT2D eigenvalue weighted by Crippen LogP contribution is -2.32. The molecule has 8 heteroatoms. The number of hydrogen-bond donors (Lipinski definition) is 1. The van der Waals surface area contributed by atoms with Crippen molar-refractivity contribution < 1.29 is 14.3 Å². The minimum atomic E-state index is -0.433. The van der Waals surface area contributed by atoms with Gasteiger partial charge in [0, 0.05) is 5.69 Å². The van der Waals surface area contributed by atoms with E-state index in [0.29, 0.717) is 32.3 Å². The number of ether oxygens (including phenoxy) is 1. The Morgan fingerprint density at radius 2 is 1.82 bits per heavy atom. The number of carbonyl (C=O) groups is 2. The topological polar surface area (TPSA) is 90.3 Å². The number of para-hydroxylation sites is 1. The molecule has 2 aromatic heterocycles. The van der Waals surface area contributed by atoms with Crippen LogP contribution in [0.3, 0.4) is 0 Å². The summed E-state index contributed by atoms with van der Waals surface area (Å²) < 4.78 is 6.94. The molecular formula is C26H31N3O4S. The summed E-state index contributed by atoms with van der Waals surface area (Å²) in [4.78, 5) is 43.7. The van der Waals surface area contributed by atoms with Crippen LogP contribution in [-0.2, 0) is 16.1 Å². The third kappa shape index (κ3) is 5.22. The standard InChI is InChI=1S/C26H31N3O4S/c1-16-21-24(34-22(16)23(31)28-18-8-6-5-7-9-18)27-15-29(25(21)32)14-20(30)33-19-12-10-17(11-13-19)26(2,3)4/h5-9,15,17,19H,10-14H2,1-4H3,(H,28,31). The minimum absolute atomic E-state index is 0.102. The molecule has 2 heterocycles. The molecule has 1 aliphatic rings. The summed E-state index contributed by atoms with van der Waals surface area (Å²) in [6.45, 7) is 8.30. The van der Waals surface area contributed by atoms with Gasteiger partial charge in [-0.25, -0.2) is 4.98 Å². The van der Waals surface area contributed by atoms with Crippen molar-refractivity contribution in [2.45, 2.75) is 66.0 Å². The Labute approximate surface area is 203 Å². The number of nitrogens with zero attached hydrogens (tertiary/aromatic N) is 2. The second-order valence-electron chi connectivity index (χ2n) is 10.1. The number of carbonyl (C=O) groups excluding carboxylic acids is 2. The molecular weight excluding hydrogens is 450 g/mol. The molecule has 1 fully saturated rings. The highest BCUT2D eigenvalue weighted by atomic mass is 32.1. The van der Waals surface area contributed by atoms with Crippen LogP contribution in [-0.4, -0.2) is 27.5 Å². The number of anilines is 1. The number of aromatic nitrogens is 2. The first-order chi connectivity index (χ1) is 16.1. The summed E-state index contributed by atoms with van der Waals surface area (Å²) in [6, 6.07) is 9.14. The SMILES string of the molecule is Cc1c(C(=O)Nc2ccccc2)sc2ncn(CC(=O)OC3CCC(C(C)(C)C)CC3)c(=O)c12. The van der Waals surface area contributed by atoms with Gasteiger partial charge < -0.3 is 10.1 Å². The molecule has 1 aliphatic carbocycles. The van der Waals surface area contributed by atoms with Gasteiger partial charge >= 0.3 is 5.97 Å². The molecule has 0 saturated heterocycles. The number of hydrogen-bond acceptors (Lipinski definition) is 6. The van der Waals surface area contributed by atoms with E-state index in [1.807, 2.05) is 18.2 Å². The smallest absolute Gasteiger partial charge is 0.326 e. The Morgan fingerprint density at radius 1 is 1.15 bits per heavy atom. The second kappa shape index (κ2) is 9.70. The molecule has 0 unspecified atom stereocenters. The largest absolute Gasteiger partial charge is 0.461 e. The fraction of sp³-hybridized carbons (Fsp3) is 0.462. The molecule has 1 amide bonds. The van der Waals surface area contributed by atoms with Crippen molar-refractivity contribution in [3.8, 4) is 0 Å². The van der Waals surface area contributed by atoms with Crippen LogP contribution < -0.4 is 10.9 Å². The fourth-order valence-electron chi connectivity index (χ4n) is 4.61. The highest BCUT2D eigenvalue weighted by Gasteiger charge is 2.31. The zero-order chi connectivity index (χ0) is 24.5. The Balaban J connectivity index is 1.45. The molecule has 1 saturated carbocycles. The highest BCUT2D eigenvalue weighted by Crippen LogP contribution is 2.38. The zero-order valence-corrected chi connectivity index (χ0v) is 20.9. The van der Waals surface area contributed by atoms with Crippen LogP contribution in [0.2, 0.25) is 0 Å². The lowest BCUT2D eigenvalue weighted by atomic mass is 9.72. The van der Waals surface area contributed by atoms with Crippen LogP contribution in [0, 0.1) is 18.3 Å². The van der Waals surface area contributed by atoms with Gasteiger partial charge in [0.15, 0.2) is 0 Å². The van der Waals surface area contributed by atoms with Crippen molar-refractivity contribution in [1.82, 2.24) is 9.55 Å². The summed E-state index contributed by atoms with van der Waals surface area (Å²) in [5.41, 5.74) is 1.16. The molecule has 0 radical (unpaired) electrons. The van der Waals surface area contributed by atoms with Crippen molar-refractivity contribution >= 4 is 39.1 Å². The van der Waals surface area contributed by atoms with Gasteiger partial charge in [0.05, 0.1) is 16.6 Å². The van der Waals surface area contributed by atoms with Crippen LogP contribution in [0.25, 0.3) is 10.2 Å². The summed E-state index contributed by atoms with van der Waals surface area (Å²) >= 11 is 1.17. The first-order valence-electron chi connectivity index (χ1n) is 11.7. The Kier molecular flexibility index (Phi) is 6.89. The predicted octanol–water partition coefficient (Wildman–Crippen LogP) is 5.17. The number of fused-ring (bicyclic) bond motifs is 1. The van der Waals surface area contributed by atoms with Gasteiger partial charge in [0.25, 0.3) is 11.5 Å². The Hall–Kier alpha value is -3.00. The van der Waals surface area contributed by atoms with Crippen LogP contribution in [0.15, 0.2) is 41.5 Å². The second-order valence-corrected chi connectivity index (χ2v) is 11.1. The summed E-state index contributed by atoms with van der Waals surface area (Å²) in [5, 5.41) is 3.21. The molecule has 0 bridgehead atoms. The highest BCUT2D eigenvalue weighted by molar-refractivity contribution is 7.20. The van der Waals surface area contributed by atoms with E-state index in [1.165, 1.54) is 22.2 Å². The van der Waals surface area contributed by atoms with E-state index in [2.05, 4.69) is 31.1 Å². The molecule has 1 N–H and O–H groups in total. The third-order valence-electron chi connectivity index (χ3n) is 6.65. The van der Waals surface area contributed by atoms with Crippen molar-refractivity contribution in [2.24, 2.45) is 11.3 Å². The monoisotopic (exact) mass is 481 g/mol. The van der Waals surface area contributed by atoms with Gasteiger partial charge in [-0.05, 0) is 61.6 Å². The van der Waals surface area contributed by atoms with E-state index < -0.39 is 5.97 Å². The number of aryl methyl sites for hydroxylation is 1. The van der Waals surface area contributed by atoms with E-state index in [0.717, 1.165) is 25.7 Å². The van der Waals surface area contributed by atoms with E-state index in [4.69, 9.17) is 4.74 Å². The maximum absolute atomic E-state index is 13.1. The van der Waals surface area contributed by atoms with Crippen LogP contribution in [0.4, 0.5) is 5.69 Å². The summed E-state index contributed by atoms with van der Waals surface area (Å²) in [5.74, 6) is -0.0909. The minimum Gasteiger partial charge on any atom is -0.461 e. The summed E-state index contributed by atoms with van der Waals surface area (Å²) in [7, 11) is 0. The molecule has 0 atom stereocenters. The van der Waals surface area contributed by atoms with Crippen molar-refractivity contribution in [3.05, 3.63) is 57.5 Å². The van der Waals surface area contributed by atoms with E-state index in [1.54, 1.807) is 19.1 Å².